The van der Waals surface area contributed by atoms with E-state index in [9.17, 15) is 0 Å². The summed E-state index contributed by atoms with van der Waals surface area (Å²) in [7, 11) is 0. The molecule has 5 heavy (non-hydrogen) atoms. The van der Waals surface area contributed by atoms with Crippen LogP contribution in [-0.2, 0) is 17.1 Å². The van der Waals surface area contributed by atoms with E-state index in [0.29, 0.717) is 0 Å². The van der Waals surface area contributed by atoms with Crippen LogP contribution >= 0.6 is 0 Å². The minimum Gasteiger partial charge on any atom is -0.181 e. The monoisotopic (exact) mass is 107 g/mol. The van der Waals surface area contributed by atoms with Crippen molar-refractivity contribution in [3.8, 4) is 12.1 Å². The summed E-state index contributed by atoms with van der Waals surface area (Å²) in [4.78, 5) is 0. The van der Waals surface area contributed by atoms with Crippen LogP contribution in [0.25, 0.3) is 0 Å². The van der Waals surface area contributed by atoms with E-state index in [1.54, 1.807) is 0 Å². The van der Waals surface area contributed by atoms with Crippen molar-refractivity contribution >= 4 is 0 Å². The molecule has 3 heteroatoms. The average Bonchev–Trinajstić information content (AvgIpc) is 1.37. The third kappa shape index (κ3) is 31.5. The Balaban J connectivity index is 0. The summed E-state index contributed by atoms with van der Waals surface area (Å²) in [6, 6.07) is 2.47. The summed E-state index contributed by atoms with van der Waals surface area (Å²) in [5, 5.41) is 14.5. The molecule has 0 N–H and O–H groups in total. The number of rotatable bonds is 0. The second-order valence-corrected chi connectivity index (χ2v) is 0.224. The molecule has 0 aliphatic heterocycles. The van der Waals surface area contributed by atoms with Gasteiger partial charge in [0.2, 0.25) is 0 Å². The minimum absolute atomic E-state index is 0. The summed E-state index contributed by atoms with van der Waals surface area (Å²) in [5.74, 6) is 0. The molecular weight excluding hydrogens is 107 g/mol. The van der Waals surface area contributed by atoms with E-state index in [1.165, 1.54) is 12.1 Å². The Morgan fingerprint density at radius 3 is 1.20 bits per heavy atom. The zero-order valence-electron chi connectivity index (χ0n) is 2.27. The number of hydrogen-bond donors (Lipinski definition) is 0. The molecule has 0 aromatic rings. The molecule has 0 aromatic heterocycles. The van der Waals surface area contributed by atoms with Gasteiger partial charge in [0.15, 0.2) is 12.1 Å². The van der Waals surface area contributed by atoms with E-state index >= 15 is 0 Å². The fourth-order valence-electron chi connectivity index (χ4n) is 0. The van der Waals surface area contributed by atoms with Crippen molar-refractivity contribution in [1.82, 2.24) is 0 Å². The van der Waals surface area contributed by atoms with Crippen LogP contribution in [0, 0.1) is 22.7 Å². The average molecular weight is 107 g/mol. The molecule has 0 heterocycles. The van der Waals surface area contributed by atoms with Crippen molar-refractivity contribution < 1.29 is 17.1 Å². The van der Waals surface area contributed by atoms with Gasteiger partial charge >= 0.3 is 0 Å². The SMILES string of the molecule is N#CC#N.[Mn]. The van der Waals surface area contributed by atoms with Gasteiger partial charge in [-0.05, 0) is 0 Å². The Bertz CT molecular complexity index is 62.6. The van der Waals surface area contributed by atoms with E-state index in [1.807, 2.05) is 0 Å². The molecule has 0 aromatic carbocycles. The van der Waals surface area contributed by atoms with Gasteiger partial charge in [-0.3, -0.25) is 0 Å². The Kier molecular flexibility index (Phi) is 17.2. The molecule has 0 saturated carbocycles. The van der Waals surface area contributed by atoms with Crippen LogP contribution < -0.4 is 0 Å². The van der Waals surface area contributed by atoms with E-state index < -0.39 is 0 Å². The first-order valence-corrected chi connectivity index (χ1v) is 0.697. The summed E-state index contributed by atoms with van der Waals surface area (Å²) < 4.78 is 0. The molecule has 0 aliphatic rings. The fraction of sp³-hybridized carbons (Fsp3) is 0. The second-order valence-electron chi connectivity index (χ2n) is 0.224. The van der Waals surface area contributed by atoms with Crippen molar-refractivity contribution in [2.75, 3.05) is 0 Å². The smallest absolute Gasteiger partial charge is 0.181 e. The zero-order valence-corrected chi connectivity index (χ0v) is 3.45. The van der Waals surface area contributed by atoms with Crippen LogP contribution in [-0.4, -0.2) is 0 Å². The van der Waals surface area contributed by atoms with Crippen molar-refractivity contribution in [3.05, 3.63) is 0 Å². The van der Waals surface area contributed by atoms with Crippen LogP contribution in [0.3, 0.4) is 0 Å². The Hall–Kier alpha value is -0.501. The van der Waals surface area contributed by atoms with Crippen LogP contribution in [0.1, 0.15) is 0 Å². The van der Waals surface area contributed by atoms with Gasteiger partial charge < -0.3 is 0 Å². The van der Waals surface area contributed by atoms with E-state index in [4.69, 9.17) is 10.5 Å². The molecule has 0 saturated heterocycles. The summed E-state index contributed by atoms with van der Waals surface area (Å²) in [6.45, 7) is 0. The Morgan fingerprint density at radius 2 is 1.20 bits per heavy atom. The van der Waals surface area contributed by atoms with E-state index in [-0.39, 0.29) is 17.1 Å². The molecule has 2 nitrogen and oxygen atoms in total. The van der Waals surface area contributed by atoms with Crippen molar-refractivity contribution in [1.29, 1.82) is 10.5 Å². The molecule has 0 unspecified atom stereocenters. The predicted molar refractivity (Wildman–Crippen MR) is 11.2 cm³/mol. The maximum Gasteiger partial charge on any atom is 0.181 e. The number of nitrogens with zero attached hydrogens (tertiary/aromatic N) is 2. The van der Waals surface area contributed by atoms with Gasteiger partial charge in [0.05, 0.1) is 0 Å². The molecular formula is C2MnN2. The molecule has 0 fully saturated rings. The Morgan fingerprint density at radius 1 is 1.00 bits per heavy atom. The summed E-state index contributed by atoms with van der Waals surface area (Å²) in [5.41, 5.74) is 0. The normalized spacial score (nSPS) is 2.00. The van der Waals surface area contributed by atoms with Crippen LogP contribution in [0.15, 0.2) is 0 Å². The third-order valence-electron chi connectivity index (χ3n) is 0.0500. The zero-order chi connectivity index (χ0) is 3.41. The van der Waals surface area contributed by atoms with Gasteiger partial charge in [-0.25, -0.2) is 0 Å². The number of nitriles is 2. The van der Waals surface area contributed by atoms with Gasteiger partial charge in [0, 0.05) is 17.1 Å². The van der Waals surface area contributed by atoms with Gasteiger partial charge in [0.25, 0.3) is 0 Å². The maximum absolute atomic E-state index is 7.26. The molecule has 0 aliphatic carbocycles. The minimum atomic E-state index is 0. The van der Waals surface area contributed by atoms with Gasteiger partial charge in [-0.2, -0.15) is 10.5 Å². The quantitative estimate of drug-likeness (QED) is 0.410. The molecule has 25 valence electrons. The van der Waals surface area contributed by atoms with Crippen molar-refractivity contribution in [2.24, 2.45) is 0 Å². The standard InChI is InChI=1S/C2N2.Mn/c3-1-2-4;. The van der Waals surface area contributed by atoms with Crippen LogP contribution in [0.4, 0.5) is 0 Å². The predicted octanol–water partition coefficient (Wildman–Crippen LogP) is 0.0311. The molecule has 0 spiro atoms. The summed E-state index contributed by atoms with van der Waals surface area (Å²) >= 11 is 0. The van der Waals surface area contributed by atoms with E-state index in [2.05, 4.69) is 0 Å². The first-order valence-electron chi connectivity index (χ1n) is 0.697. The Labute approximate surface area is 40.5 Å². The van der Waals surface area contributed by atoms with Gasteiger partial charge in [0.1, 0.15) is 0 Å². The second kappa shape index (κ2) is 9.72. The maximum atomic E-state index is 7.26. The molecule has 0 bridgehead atoms. The molecule has 0 rings (SSSR count). The first-order chi connectivity index (χ1) is 1.91. The van der Waals surface area contributed by atoms with Gasteiger partial charge in [-0.1, -0.05) is 0 Å². The largest absolute Gasteiger partial charge is 0.181 e. The molecule has 0 amide bonds. The summed E-state index contributed by atoms with van der Waals surface area (Å²) in [6.07, 6.45) is 0. The molecule has 1 radical (unpaired) electrons. The number of hydrogen-bond acceptors (Lipinski definition) is 2. The van der Waals surface area contributed by atoms with E-state index in [0.717, 1.165) is 0 Å². The topological polar surface area (TPSA) is 47.6 Å². The van der Waals surface area contributed by atoms with Crippen LogP contribution in [0.5, 0.6) is 0 Å². The first kappa shape index (κ1) is 8.82. The third-order valence-corrected chi connectivity index (χ3v) is 0.0500. The van der Waals surface area contributed by atoms with Gasteiger partial charge in [-0.15, -0.1) is 0 Å². The molecule has 0 atom stereocenters. The van der Waals surface area contributed by atoms with Crippen molar-refractivity contribution in [2.45, 2.75) is 0 Å². The van der Waals surface area contributed by atoms with Crippen molar-refractivity contribution in [3.63, 3.8) is 0 Å². The van der Waals surface area contributed by atoms with Crippen LogP contribution in [0.2, 0.25) is 0 Å². The fourth-order valence-corrected chi connectivity index (χ4v) is 0.